The molecular formula is C9H18N4. The highest BCUT2D eigenvalue weighted by Crippen LogP contribution is 2.10. The molecule has 4 heteroatoms. The number of aliphatic imine (C=N–C) groups is 1. The molecule has 1 saturated heterocycles. The van der Waals surface area contributed by atoms with Crippen molar-refractivity contribution in [3.05, 3.63) is 0 Å². The summed E-state index contributed by atoms with van der Waals surface area (Å²) in [4.78, 5) is 4.33. The third-order valence-corrected chi connectivity index (χ3v) is 2.82. The van der Waals surface area contributed by atoms with E-state index in [-0.39, 0.29) is 0 Å². The molecule has 74 valence electrons. The van der Waals surface area contributed by atoms with Crippen LogP contribution in [0.3, 0.4) is 0 Å². The molecule has 13 heavy (non-hydrogen) atoms. The maximum Gasteiger partial charge on any atom is 0.191 e. The van der Waals surface area contributed by atoms with Crippen LogP contribution >= 0.6 is 0 Å². The molecule has 2 aliphatic heterocycles. The average Bonchev–Trinajstić information content (AvgIpc) is 2.61. The van der Waals surface area contributed by atoms with Crippen LogP contribution < -0.4 is 16.0 Å². The highest BCUT2D eigenvalue weighted by Gasteiger charge is 2.22. The topological polar surface area (TPSA) is 48.5 Å². The third kappa shape index (κ3) is 2.12. The van der Waals surface area contributed by atoms with Gasteiger partial charge in [0.2, 0.25) is 0 Å². The molecule has 0 aliphatic carbocycles. The molecule has 0 aromatic heterocycles. The molecule has 2 rings (SSSR count). The van der Waals surface area contributed by atoms with Crippen molar-refractivity contribution in [3.63, 3.8) is 0 Å². The summed E-state index contributed by atoms with van der Waals surface area (Å²) in [5.74, 6) is 1.73. The Labute approximate surface area is 79.2 Å². The number of guanidine groups is 1. The van der Waals surface area contributed by atoms with E-state index in [0.717, 1.165) is 38.1 Å². The molecular weight excluding hydrogens is 164 g/mol. The maximum atomic E-state index is 4.33. The molecule has 0 radical (unpaired) electrons. The van der Waals surface area contributed by atoms with Crippen molar-refractivity contribution in [1.82, 2.24) is 16.0 Å². The average molecular weight is 182 g/mol. The largest absolute Gasteiger partial charge is 0.355 e. The van der Waals surface area contributed by atoms with Crippen molar-refractivity contribution in [1.29, 1.82) is 0 Å². The van der Waals surface area contributed by atoms with Crippen molar-refractivity contribution in [3.8, 4) is 0 Å². The molecule has 2 unspecified atom stereocenters. The molecule has 0 aromatic carbocycles. The van der Waals surface area contributed by atoms with Crippen molar-refractivity contribution in [2.45, 2.75) is 19.4 Å². The van der Waals surface area contributed by atoms with E-state index in [9.17, 15) is 0 Å². The van der Waals surface area contributed by atoms with E-state index in [1.807, 2.05) is 0 Å². The van der Waals surface area contributed by atoms with Crippen molar-refractivity contribution >= 4 is 5.96 Å². The molecule has 2 atom stereocenters. The summed E-state index contributed by atoms with van der Waals surface area (Å²) in [7, 11) is 0. The molecule has 3 N–H and O–H groups in total. The van der Waals surface area contributed by atoms with Gasteiger partial charge in [0.25, 0.3) is 0 Å². The van der Waals surface area contributed by atoms with Gasteiger partial charge in [0.1, 0.15) is 0 Å². The van der Waals surface area contributed by atoms with Gasteiger partial charge in [-0.25, -0.2) is 0 Å². The molecule has 0 saturated carbocycles. The van der Waals surface area contributed by atoms with E-state index in [1.165, 1.54) is 6.42 Å². The Morgan fingerprint density at radius 3 is 3.08 bits per heavy atom. The Balaban J connectivity index is 1.85. The van der Waals surface area contributed by atoms with Crippen LogP contribution in [-0.2, 0) is 0 Å². The summed E-state index contributed by atoms with van der Waals surface area (Å²) in [6.45, 7) is 6.41. The number of piperidine rings is 1. The van der Waals surface area contributed by atoms with Gasteiger partial charge in [0, 0.05) is 19.1 Å². The zero-order chi connectivity index (χ0) is 9.10. The summed E-state index contributed by atoms with van der Waals surface area (Å²) in [6.07, 6.45) is 1.25. The zero-order valence-electron chi connectivity index (χ0n) is 8.14. The lowest BCUT2D eigenvalue weighted by Crippen LogP contribution is -2.52. The van der Waals surface area contributed by atoms with Crippen LogP contribution in [0, 0.1) is 5.92 Å². The Hall–Kier alpha value is -0.770. The van der Waals surface area contributed by atoms with Crippen LogP contribution in [0.1, 0.15) is 13.3 Å². The predicted molar refractivity (Wildman–Crippen MR) is 53.9 cm³/mol. The standard InChI is InChI=1S/C9H18N4/c1-7-2-3-10-6-8(7)13-9-11-4-5-12-9/h7-8,10H,2-6H2,1H3,(H2,11,12,13). The van der Waals surface area contributed by atoms with Crippen LogP contribution in [0.4, 0.5) is 0 Å². The number of hydrogen-bond acceptors (Lipinski definition) is 4. The van der Waals surface area contributed by atoms with Crippen LogP contribution in [0.5, 0.6) is 0 Å². The van der Waals surface area contributed by atoms with E-state index >= 15 is 0 Å². The highest BCUT2D eigenvalue weighted by atomic mass is 15.2. The Kier molecular flexibility index (Phi) is 2.68. The van der Waals surface area contributed by atoms with Crippen LogP contribution in [0.2, 0.25) is 0 Å². The van der Waals surface area contributed by atoms with Gasteiger partial charge in [-0.1, -0.05) is 6.92 Å². The smallest absolute Gasteiger partial charge is 0.191 e. The van der Waals surface area contributed by atoms with Crippen molar-refractivity contribution < 1.29 is 0 Å². The normalized spacial score (nSPS) is 33.8. The molecule has 2 aliphatic rings. The van der Waals surface area contributed by atoms with Gasteiger partial charge >= 0.3 is 0 Å². The Bertz CT molecular complexity index is 202. The first-order valence-corrected chi connectivity index (χ1v) is 5.12. The maximum absolute atomic E-state index is 4.33. The fourth-order valence-electron chi connectivity index (χ4n) is 1.85. The minimum atomic E-state index is 0.540. The number of hydrogen-bond donors (Lipinski definition) is 3. The number of nitrogens with zero attached hydrogens (tertiary/aromatic N) is 1. The van der Waals surface area contributed by atoms with Gasteiger partial charge in [-0.05, 0) is 18.9 Å². The second-order valence-electron chi connectivity index (χ2n) is 3.88. The van der Waals surface area contributed by atoms with Crippen LogP contribution in [-0.4, -0.2) is 38.2 Å². The van der Waals surface area contributed by atoms with Gasteiger partial charge in [-0.15, -0.1) is 0 Å². The minimum Gasteiger partial charge on any atom is -0.355 e. The number of rotatable bonds is 1. The zero-order valence-corrected chi connectivity index (χ0v) is 8.14. The summed E-state index contributed by atoms with van der Waals surface area (Å²) >= 11 is 0. The molecule has 0 spiro atoms. The van der Waals surface area contributed by atoms with Gasteiger partial charge < -0.3 is 16.0 Å². The van der Waals surface area contributed by atoms with Crippen molar-refractivity contribution in [2.75, 3.05) is 26.2 Å². The fourth-order valence-corrected chi connectivity index (χ4v) is 1.85. The monoisotopic (exact) mass is 182 g/mol. The second kappa shape index (κ2) is 3.96. The van der Waals surface area contributed by atoms with E-state index in [1.54, 1.807) is 0 Å². The predicted octanol–water partition coefficient (Wildman–Crippen LogP) is -0.467. The summed E-state index contributed by atoms with van der Waals surface area (Å²) in [5, 5.41) is 10.1. The first kappa shape index (κ1) is 8.81. The first-order chi connectivity index (χ1) is 6.36. The molecule has 1 fully saturated rings. The first-order valence-electron chi connectivity index (χ1n) is 5.12. The Morgan fingerprint density at radius 1 is 1.46 bits per heavy atom. The lowest BCUT2D eigenvalue weighted by Gasteiger charge is -2.30. The Morgan fingerprint density at radius 2 is 2.38 bits per heavy atom. The summed E-state index contributed by atoms with van der Waals surface area (Å²) in [5.41, 5.74) is 0. The fraction of sp³-hybridized carbons (Fsp3) is 0.889. The molecule has 0 aromatic rings. The molecule has 0 bridgehead atoms. The molecule has 0 amide bonds. The van der Waals surface area contributed by atoms with E-state index < -0.39 is 0 Å². The number of nitrogens with one attached hydrogen (secondary N) is 3. The molecule has 2 heterocycles. The highest BCUT2D eigenvalue weighted by molar-refractivity contribution is 5.81. The van der Waals surface area contributed by atoms with Gasteiger partial charge in [0.05, 0.1) is 6.54 Å². The third-order valence-electron chi connectivity index (χ3n) is 2.82. The quantitative estimate of drug-likeness (QED) is 0.514. The van der Waals surface area contributed by atoms with Crippen molar-refractivity contribution in [2.24, 2.45) is 10.9 Å². The van der Waals surface area contributed by atoms with Gasteiger partial charge in [0.15, 0.2) is 5.96 Å². The lowest BCUT2D eigenvalue weighted by atomic mass is 9.95. The van der Waals surface area contributed by atoms with Gasteiger partial charge in [-0.3, -0.25) is 4.99 Å². The minimum absolute atomic E-state index is 0.540. The second-order valence-corrected chi connectivity index (χ2v) is 3.88. The van der Waals surface area contributed by atoms with Crippen LogP contribution in [0.15, 0.2) is 4.99 Å². The van der Waals surface area contributed by atoms with E-state index in [2.05, 4.69) is 27.9 Å². The van der Waals surface area contributed by atoms with E-state index in [0.29, 0.717) is 6.04 Å². The van der Waals surface area contributed by atoms with Crippen LogP contribution in [0.25, 0.3) is 0 Å². The lowest BCUT2D eigenvalue weighted by molar-refractivity contribution is 0.324. The van der Waals surface area contributed by atoms with E-state index in [4.69, 9.17) is 0 Å². The SMILES string of the molecule is CC1CCNCC1NC1=NCCN1. The van der Waals surface area contributed by atoms with Gasteiger partial charge in [-0.2, -0.15) is 0 Å². The summed E-state index contributed by atoms with van der Waals surface area (Å²) < 4.78 is 0. The molecule has 4 nitrogen and oxygen atoms in total. The summed E-state index contributed by atoms with van der Waals surface area (Å²) in [6, 6.07) is 0.540.